The molecule has 0 saturated heterocycles. The Labute approximate surface area is 127 Å². The number of halogens is 1. The Morgan fingerprint density at radius 1 is 1.33 bits per heavy atom. The molecular formula is C17H27FN2O. The molecule has 0 fully saturated rings. The van der Waals surface area contributed by atoms with Crippen LogP contribution in [0, 0.1) is 5.82 Å². The second-order valence-electron chi connectivity index (χ2n) is 6.64. The fourth-order valence-electron chi connectivity index (χ4n) is 2.94. The Kier molecular flexibility index (Phi) is 4.59. The lowest BCUT2D eigenvalue weighted by molar-refractivity contribution is -0.0652. The molecule has 0 radical (unpaired) electrons. The summed E-state index contributed by atoms with van der Waals surface area (Å²) < 4.78 is 19.9. The van der Waals surface area contributed by atoms with Gasteiger partial charge in [-0.25, -0.2) is 4.39 Å². The van der Waals surface area contributed by atoms with Crippen LogP contribution in [-0.2, 0) is 10.3 Å². The van der Waals surface area contributed by atoms with Gasteiger partial charge in [-0.15, -0.1) is 0 Å². The van der Waals surface area contributed by atoms with Crippen LogP contribution in [0.1, 0.15) is 52.5 Å². The molecule has 118 valence electrons. The third-order valence-corrected chi connectivity index (χ3v) is 4.46. The molecule has 1 aliphatic rings. The number of nitrogens with two attached hydrogens (primary N) is 1. The molecule has 3 nitrogen and oxygen atoms in total. The summed E-state index contributed by atoms with van der Waals surface area (Å²) in [5, 5.41) is 0. The zero-order valence-electron chi connectivity index (χ0n) is 13.6. The number of anilines is 1. The van der Waals surface area contributed by atoms with Gasteiger partial charge in [0.25, 0.3) is 0 Å². The smallest absolute Gasteiger partial charge is 0.123 e. The molecule has 4 heteroatoms. The Balaban J connectivity index is 2.34. The minimum Gasteiger partial charge on any atom is -0.350 e. The SMILES string of the molecule is CCC1(CC)OCN(CCC(C)(C)N)c2ccc(F)cc21. The van der Waals surface area contributed by atoms with E-state index in [1.54, 1.807) is 6.07 Å². The van der Waals surface area contributed by atoms with Crippen molar-refractivity contribution in [2.45, 2.75) is 58.1 Å². The maximum Gasteiger partial charge on any atom is 0.123 e. The van der Waals surface area contributed by atoms with Crippen molar-refractivity contribution in [3.05, 3.63) is 29.6 Å². The highest BCUT2D eigenvalue weighted by Gasteiger charge is 2.37. The predicted octanol–water partition coefficient (Wildman–Crippen LogP) is 3.76. The van der Waals surface area contributed by atoms with Gasteiger partial charge in [0.2, 0.25) is 0 Å². The zero-order chi connectivity index (χ0) is 15.7. The standard InChI is InChI=1S/C17H27FN2O/c1-5-17(6-2)14-11-13(18)7-8-15(14)20(12-21-17)10-9-16(3,4)19/h7-8,11H,5-6,9-10,12,19H2,1-4H3. The molecule has 0 spiro atoms. The fourth-order valence-corrected chi connectivity index (χ4v) is 2.94. The van der Waals surface area contributed by atoms with E-state index >= 15 is 0 Å². The van der Waals surface area contributed by atoms with E-state index in [0.29, 0.717) is 6.73 Å². The first-order valence-corrected chi connectivity index (χ1v) is 7.79. The van der Waals surface area contributed by atoms with Crippen molar-refractivity contribution in [3.8, 4) is 0 Å². The van der Waals surface area contributed by atoms with E-state index < -0.39 is 0 Å². The second kappa shape index (κ2) is 5.93. The molecule has 0 bridgehead atoms. The van der Waals surface area contributed by atoms with Gasteiger partial charge in [0.05, 0.1) is 5.60 Å². The number of hydrogen-bond acceptors (Lipinski definition) is 3. The van der Waals surface area contributed by atoms with Crippen molar-refractivity contribution >= 4 is 5.69 Å². The van der Waals surface area contributed by atoms with E-state index in [2.05, 4.69) is 18.7 Å². The number of hydrogen-bond donors (Lipinski definition) is 1. The molecule has 0 unspecified atom stereocenters. The Bertz CT molecular complexity index is 492. The minimum atomic E-state index is -0.369. The highest BCUT2D eigenvalue weighted by atomic mass is 19.1. The van der Waals surface area contributed by atoms with Gasteiger partial charge in [-0.05, 0) is 51.3 Å². The maximum absolute atomic E-state index is 13.7. The van der Waals surface area contributed by atoms with Crippen LogP contribution >= 0.6 is 0 Å². The normalized spacial score (nSPS) is 17.7. The highest BCUT2D eigenvalue weighted by Crippen LogP contribution is 2.43. The van der Waals surface area contributed by atoms with Crippen LogP contribution in [0.3, 0.4) is 0 Å². The number of nitrogens with zero attached hydrogens (tertiary/aromatic N) is 1. The Hall–Kier alpha value is -1.13. The summed E-state index contributed by atoms with van der Waals surface area (Å²) in [6.45, 7) is 9.58. The summed E-state index contributed by atoms with van der Waals surface area (Å²) >= 11 is 0. The van der Waals surface area contributed by atoms with E-state index in [4.69, 9.17) is 10.5 Å². The molecule has 1 heterocycles. The van der Waals surface area contributed by atoms with Crippen molar-refractivity contribution in [2.75, 3.05) is 18.2 Å². The second-order valence-corrected chi connectivity index (χ2v) is 6.64. The summed E-state index contributed by atoms with van der Waals surface area (Å²) in [5.74, 6) is -0.204. The molecule has 0 saturated carbocycles. The molecule has 0 aliphatic carbocycles. The summed E-state index contributed by atoms with van der Waals surface area (Å²) in [5.41, 5.74) is 7.53. The van der Waals surface area contributed by atoms with Crippen molar-refractivity contribution in [3.63, 3.8) is 0 Å². The average molecular weight is 294 g/mol. The first-order valence-electron chi connectivity index (χ1n) is 7.79. The van der Waals surface area contributed by atoms with Gasteiger partial charge in [0, 0.05) is 23.3 Å². The third-order valence-electron chi connectivity index (χ3n) is 4.46. The lowest BCUT2D eigenvalue weighted by atomic mass is 9.85. The molecule has 1 aromatic rings. The maximum atomic E-state index is 13.7. The van der Waals surface area contributed by atoms with Crippen LogP contribution in [0.5, 0.6) is 0 Å². The number of fused-ring (bicyclic) bond motifs is 1. The minimum absolute atomic E-state index is 0.204. The topological polar surface area (TPSA) is 38.5 Å². The summed E-state index contributed by atoms with van der Waals surface area (Å²) in [7, 11) is 0. The van der Waals surface area contributed by atoms with Gasteiger partial charge >= 0.3 is 0 Å². The van der Waals surface area contributed by atoms with Crippen molar-refractivity contribution in [1.29, 1.82) is 0 Å². The van der Waals surface area contributed by atoms with E-state index in [1.807, 2.05) is 19.9 Å². The molecule has 2 rings (SSSR count). The van der Waals surface area contributed by atoms with Crippen LogP contribution in [0.15, 0.2) is 18.2 Å². The molecular weight excluding hydrogens is 267 g/mol. The van der Waals surface area contributed by atoms with Gasteiger partial charge in [-0.2, -0.15) is 0 Å². The van der Waals surface area contributed by atoms with E-state index in [0.717, 1.165) is 37.1 Å². The van der Waals surface area contributed by atoms with Crippen LogP contribution in [0.4, 0.5) is 10.1 Å². The van der Waals surface area contributed by atoms with E-state index in [9.17, 15) is 4.39 Å². The average Bonchev–Trinajstić information content (AvgIpc) is 2.44. The Morgan fingerprint density at radius 2 is 2.00 bits per heavy atom. The number of ether oxygens (including phenoxy) is 1. The quantitative estimate of drug-likeness (QED) is 0.898. The molecule has 1 aromatic carbocycles. The number of rotatable bonds is 5. The Morgan fingerprint density at radius 3 is 2.57 bits per heavy atom. The van der Waals surface area contributed by atoms with Crippen LogP contribution in [0.25, 0.3) is 0 Å². The van der Waals surface area contributed by atoms with Gasteiger partial charge in [0.15, 0.2) is 0 Å². The predicted molar refractivity (Wildman–Crippen MR) is 84.8 cm³/mol. The van der Waals surface area contributed by atoms with Crippen molar-refractivity contribution < 1.29 is 9.13 Å². The molecule has 21 heavy (non-hydrogen) atoms. The van der Waals surface area contributed by atoms with E-state index in [1.165, 1.54) is 6.07 Å². The zero-order valence-corrected chi connectivity index (χ0v) is 13.6. The first-order chi connectivity index (χ1) is 9.81. The van der Waals surface area contributed by atoms with Crippen LogP contribution in [-0.4, -0.2) is 18.8 Å². The third kappa shape index (κ3) is 3.38. The molecule has 0 atom stereocenters. The van der Waals surface area contributed by atoms with Crippen molar-refractivity contribution in [2.24, 2.45) is 5.73 Å². The molecule has 1 aliphatic heterocycles. The molecule has 0 amide bonds. The van der Waals surface area contributed by atoms with Gasteiger partial charge < -0.3 is 15.4 Å². The summed E-state index contributed by atoms with van der Waals surface area (Å²) in [6.07, 6.45) is 2.55. The largest absolute Gasteiger partial charge is 0.350 e. The van der Waals surface area contributed by atoms with Gasteiger partial charge in [-0.3, -0.25) is 0 Å². The molecule has 0 aromatic heterocycles. The summed E-state index contributed by atoms with van der Waals surface area (Å²) in [6, 6.07) is 5.03. The van der Waals surface area contributed by atoms with Crippen molar-refractivity contribution in [1.82, 2.24) is 0 Å². The highest BCUT2D eigenvalue weighted by molar-refractivity contribution is 5.57. The van der Waals surface area contributed by atoms with E-state index in [-0.39, 0.29) is 17.0 Å². The van der Waals surface area contributed by atoms with Crippen LogP contribution in [0.2, 0.25) is 0 Å². The monoisotopic (exact) mass is 294 g/mol. The summed E-state index contributed by atoms with van der Waals surface area (Å²) in [4.78, 5) is 2.16. The molecule has 2 N–H and O–H groups in total. The fraction of sp³-hybridized carbons (Fsp3) is 0.647. The number of benzene rings is 1. The van der Waals surface area contributed by atoms with Crippen LogP contribution < -0.4 is 10.6 Å². The lowest BCUT2D eigenvalue weighted by Crippen LogP contribution is -2.45. The van der Waals surface area contributed by atoms with Gasteiger partial charge in [-0.1, -0.05) is 13.8 Å². The lowest BCUT2D eigenvalue weighted by Gasteiger charge is -2.44. The van der Waals surface area contributed by atoms with Gasteiger partial charge in [0.1, 0.15) is 12.5 Å². The first kappa shape index (κ1) is 16.2.